The molecule has 6 nitrogen and oxygen atoms in total. The van der Waals surface area contributed by atoms with Gasteiger partial charge in [-0.2, -0.15) is 0 Å². The van der Waals surface area contributed by atoms with E-state index in [2.05, 4.69) is 10.1 Å². The molecule has 0 spiro atoms. The van der Waals surface area contributed by atoms with Crippen LogP contribution >= 0.6 is 0 Å². The number of benzene rings is 2. The van der Waals surface area contributed by atoms with Gasteiger partial charge in [-0.3, -0.25) is 4.79 Å². The molecule has 24 heavy (non-hydrogen) atoms. The number of hydrogen-bond donors (Lipinski definition) is 1. The molecule has 6 heteroatoms. The van der Waals surface area contributed by atoms with Crippen molar-refractivity contribution in [2.24, 2.45) is 0 Å². The fraction of sp³-hybridized carbons (Fsp3) is 0.222. The van der Waals surface area contributed by atoms with Gasteiger partial charge in [0.05, 0.1) is 19.3 Å². The van der Waals surface area contributed by atoms with E-state index in [1.54, 1.807) is 55.6 Å². The van der Waals surface area contributed by atoms with Gasteiger partial charge >= 0.3 is 5.97 Å². The van der Waals surface area contributed by atoms with Crippen molar-refractivity contribution in [1.29, 1.82) is 0 Å². The van der Waals surface area contributed by atoms with E-state index in [0.717, 1.165) is 0 Å². The van der Waals surface area contributed by atoms with Gasteiger partial charge in [0.1, 0.15) is 12.4 Å². The van der Waals surface area contributed by atoms with Gasteiger partial charge in [0.15, 0.2) is 0 Å². The monoisotopic (exact) mass is 329 g/mol. The maximum atomic E-state index is 12.2. The molecule has 0 fully saturated rings. The van der Waals surface area contributed by atoms with Crippen molar-refractivity contribution in [3.05, 3.63) is 59.7 Å². The molecule has 0 saturated carbocycles. The van der Waals surface area contributed by atoms with Gasteiger partial charge in [0, 0.05) is 18.4 Å². The Balaban J connectivity index is 1.95. The highest BCUT2D eigenvalue weighted by atomic mass is 16.5. The first-order valence-corrected chi connectivity index (χ1v) is 7.35. The Bertz CT molecular complexity index is 680. The second-order valence-corrected chi connectivity index (χ2v) is 4.89. The number of methoxy groups -OCH3 is 2. The molecule has 0 aliphatic heterocycles. The van der Waals surface area contributed by atoms with Crippen molar-refractivity contribution in [2.45, 2.75) is 0 Å². The number of ether oxygens (including phenoxy) is 3. The van der Waals surface area contributed by atoms with Crippen LogP contribution in [-0.4, -0.2) is 39.3 Å². The van der Waals surface area contributed by atoms with E-state index < -0.39 is 5.97 Å². The number of hydrogen-bond acceptors (Lipinski definition) is 5. The first-order chi connectivity index (χ1) is 11.6. The Morgan fingerprint density at radius 2 is 1.50 bits per heavy atom. The smallest absolute Gasteiger partial charge is 0.337 e. The Morgan fingerprint density at radius 1 is 0.875 bits per heavy atom. The fourth-order valence-corrected chi connectivity index (χ4v) is 1.96. The molecule has 1 N–H and O–H groups in total. The molecule has 0 atom stereocenters. The topological polar surface area (TPSA) is 73.9 Å². The summed E-state index contributed by atoms with van der Waals surface area (Å²) in [6, 6.07) is 13.3. The Kier molecular flexibility index (Phi) is 6.33. The van der Waals surface area contributed by atoms with E-state index in [9.17, 15) is 9.59 Å². The number of amides is 1. The van der Waals surface area contributed by atoms with Crippen LogP contribution in [0.5, 0.6) is 5.75 Å². The fourth-order valence-electron chi connectivity index (χ4n) is 1.96. The van der Waals surface area contributed by atoms with Crippen LogP contribution < -0.4 is 10.1 Å². The lowest BCUT2D eigenvalue weighted by Crippen LogP contribution is -2.12. The van der Waals surface area contributed by atoms with Crippen LogP contribution in [0, 0.1) is 0 Å². The van der Waals surface area contributed by atoms with Crippen LogP contribution in [-0.2, 0) is 9.47 Å². The third kappa shape index (κ3) is 4.82. The predicted octanol–water partition coefficient (Wildman–Crippen LogP) is 2.75. The van der Waals surface area contributed by atoms with Gasteiger partial charge < -0.3 is 19.5 Å². The summed E-state index contributed by atoms with van der Waals surface area (Å²) < 4.78 is 15.0. The zero-order valence-corrected chi connectivity index (χ0v) is 13.6. The van der Waals surface area contributed by atoms with Crippen molar-refractivity contribution < 1.29 is 23.8 Å². The second-order valence-electron chi connectivity index (χ2n) is 4.89. The predicted molar refractivity (Wildman–Crippen MR) is 89.5 cm³/mol. The first-order valence-electron chi connectivity index (χ1n) is 7.35. The van der Waals surface area contributed by atoms with Crippen LogP contribution in [0.2, 0.25) is 0 Å². The largest absolute Gasteiger partial charge is 0.491 e. The van der Waals surface area contributed by atoms with E-state index in [1.165, 1.54) is 7.11 Å². The van der Waals surface area contributed by atoms with Gasteiger partial charge in [-0.25, -0.2) is 4.79 Å². The molecule has 0 radical (unpaired) electrons. The first kappa shape index (κ1) is 17.5. The van der Waals surface area contributed by atoms with Crippen molar-refractivity contribution in [3.63, 3.8) is 0 Å². The summed E-state index contributed by atoms with van der Waals surface area (Å²) in [5.41, 5.74) is 1.49. The van der Waals surface area contributed by atoms with Crippen molar-refractivity contribution in [1.82, 2.24) is 0 Å². The number of anilines is 1. The molecule has 0 heterocycles. The number of esters is 1. The van der Waals surface area contributed by atoms with E-state index >= 15 is 0 Å². The van der Waals surface area contributed by atoms with Crippen molar-refractivity contribution in [2.75, 3.05) is 32.8 Å². The van der Waals surface area contributed by atoms with Crippen molar-refractivity contribution >= 4 is 17.6 Å². The average molecular weight is 329 g/mol. The van der Waals surface area contributed by atoms with Crippen LogP contribution in [0.3, 0.4) is 0 Å². The van der Waals surface area contributed by atoms with E-state index in [1.807, 2.05) is 0 Å². The zero-order chi connectivity index (χ0) is 17.4. The summed E-state index contributed by atoms with van der Waals surface area (Å²) in [4.78, 5) is 23.6. The van der Waals surface area contributed by atoms with E-state index in [0.29, 0.717) is 35.8 Å². The van der Waals surface area contributed by atoms with Crippen LogP contribution in [0.25, 0.3) is 0 Å². The van der Waals surface area contributed by atoms with Gasteiger partial charge in [-0.15, -0.1) is 0 Å². The Labute approximate surface area is 140 Å². The third-order valence-corrected chi connectivity index (χ3v) is 3.24. The summed E-state index contributed by atoms with van der Waals surface area (Å²) >= 11 is 0. The molecule has 0 unspecified atom stereocenters. The van der Waals surface area contributed by atoms with Crippen molar-refractivity contribution in [3.8, 4) is 5.75 Å². The van der Waals surface area contributed by atoms with Gasteiger partial charge in [-0.1, -0.05) is 0 Å². The van der Waals surface area contributed by atoms with Gasteiger partial charge in [0.2, 0.25) is 0 Å². The minimum atomic E-state index is -0.439. The lowest BCUT2D eigenvalue weighted by Gasteiger charge is -2.08. The second kappa shape index (κ2) is 8.69. The maximum Gasteiger partial charge on any atom is 0.337 e. The summed E-state index contributed by atoms with van der Waals surface area (Å²) in [7, 11) is 2.92. The molecule has 0 aliphatic rings. The SMILES string of the molecule is COCCOc1ccc(NC(=O)c2ccc(C(=O)OC)cc2)cc1. The highest BCUT2D eigenvalue weighted by molar-refractivity contribution is 6.04. The summed E-state index contributed by atoms with van der Waals surface area (Å²) in [5.74, 6) is -0.00188. The molecule has 0 aromatic heterocycles. The number of carbonyl (C=O) groups excluding carboxylic acids is 2. The van der Waals surface area contributed by atoms with E-state index in [4.69, 9.17) is 9.47 Å². The third-order valence-electron chi connectivity index (χ3n) is 3.24. The van der Waals surface area contributed by atoms with Crippen LogP contribution in [0.1, 0.15) is 20.7 Å². The zero-order valence-electron chi connectivity index (χ0n) is 13.6. The molecule has 0 aliphatic carbocycles. The van der Waals surface area contributed by atoms with Gasteiger partial charge in [-0.05, 0) is 48.5 Å². The van der Waals surface area contributed by atoms with E-state index in [-0.39, 0.29) is 5.91 Å². The normalized spacial score (nSPS) is 10.1. The summed E-state index contributed by atoms with van der Waals surface area (Å²) in [5, 5.41) is 2.78. The molecular formula is C18H19NO5. The molecule has 126 valence electrons. The quantitative estimate of drug-likeness (QED) is 0.624. The molecule has 2 rings (SSSR count). The van der Waals surface area contributed by atoms with Crippen LogP contribution in [0.15, 0.2) is 48.5 Å². The molecule has 0 bridgehead atoms. The molecular weight excluding hydrogens is 310 g/mol. The lowest BCUT2D eigenvalue weighted by molar-refractivity contribution is 0.0600. The average Bonchev–Trinajstić information content (AvgIpc) is 2.63. The van der Waals surface area contributed by atoms with Crippen LogP contribution in [0.4, 0.5) is 5.69 Å². The number of rotatable bonds is 7. The molecule has 2 aromatic carbocycles. The minimum Gasteiger partial charge on any atom is -0.491 e. The molecule has 2 aromatic rings. The number of nitrogens with one attached hydrogen (secondary N) is 1. The highest BCUT2D eigenvalue weighted by Gasteiger charge is 2.09. The van der Waals surface area contributed by atoms with Gasteiger partial charge in [0.25, 0.3) is 5.91 Å². The molecule has 1 amide bonds. The maximum absolute atomic E-state index is 12.2. The Morgan fingerprint density at radius 3 is 2.08 bits per heavy atom. The standard InChI is InChI=1S/C18H19NO5/c1-22-11-12-24-16-9-7-15(8-10-16)19-17(20)13-3-5-14(6-4-13)18(21)23-2/h3-10H,11-12H2,1-2H3,(H,19,20). The minimum absolute atomic E-state index is 0.264. The lowest BCUT2D eigenvalue weighted by atomic mass is 10.1. The summed E-state index contributed by atoms with van der Waals surface area (Å²) in [6.07, 6.45) is 0. The molecule has 0 saturated heterocycles. The summed E-state index contributed by atoms with van der Waals surface area (Å²) in [6.45, 7) is 0.981. The highest BCUT2D eigenvalue weighted by Crippen LogP contribution is 2.16. The number of carbonyl (C=O) groups is 2. The Hall–Kier alpha value is -2.86.